The molecule has 4 aromatic rings. The van der Waals surface area contributed by atoms with Crippen LogP contribution >= 0.6 is 0 Å². The number of halogens is 1. The number of carbonyl (C=O) groups is 3. The summed E-state index contributed by atoms with van der Waals surface area (Å²) in [5.41, 5.74) is -0.0114. The van der Waals surface area contributed by atoms with Gasteiger partial charge in [-0.2, -0.15) is 0 Å². The normalized spacial score (nSPS) is 13.4. The number of benzene rings is 2. The number of rotatable bonds is 8. The number of hydrogen-bond acceptors (Lipinski definition) is 7. The third kappa shape index (κ3) is 4.81. The fourth-order valence-electron chi connectivity index (χ4n) is 3.92. The lowest BCUT2D eigenvalue weighted by Gasteiger charge is -2.15. The summed E-state index contributed by atoms with van der Waals surface area (Å²) in [5.74, 6) is -1.81. The predicted molar refractivity (Wildman–Crippen MR) is 135 cm³/mol. The fraction of sp³-hybridized carbons (Fsp3) is 0.148. The second kappa shape index (κ2) is 9.77. The van der Waals surface area contributed by atoms with E-state index in [2.05, 4.69) is 20.6 Å². The van der Waals surface area contributed by atoms with Crippen LogP contribution in [-0.4, -0.2) is 40.0 Å². The molecule has 0 saturated heterocycles. The van der Waals surface area contributed by atoms with E-state index in [-0.39, 0.29) is 17.2 Å². The molecule has 0 radical (unpaired) electrons. The van der Waals surface area contributed by atoms with Gasteiger partial charge in [-0.3, -0.25) is 14.6 Å². The van der Waals surface area contributed by atoms with Crippen LogP contribution < -0.4 is 20.1 Å². The zero-order valence-corrected chi connectivity index (χ0v) is 20.0. The Morgan fingerprint density at radius 2 is 1.61 bits per heavy atom. The first kappa shape index (κ1) is 24.6. The topological polar surface area (TPSA) is 140 Å². The van der Waals surface area contributed by atoms with Crippen molar-refractivity contribution in [3.8, 4) is 17.4 Å². The summed E-state index contributed by atoms with van der Waals surface area (Å²) in [5, 5.41) is 15.3. The molecule has 0 unspecified atom stereocenters. The van der Waals surface area contributed by atoms with Crippen LogP contribution in [-0.2, 0) is 9.59 Å². The Balaban J connectivity index is 1.28. The number of anilines is 2. The molecule has 3 N–H and O–H groups in total. The molecule has 38 heavy (non-hydrogen) atoms. The smallest absolute Gasteiger partial charge is 0.339 e. The third-order valence-corrected chi connectivity index (χ3v) is 6.18. The molecular weight excluding hydrogens is 495 g/mol. The molecule has 11 heteroatoms. The highest BCUT2D eigenvalue weighted by Gasteiger charge is 2.56. The van der Waals surface area contributed by atoms with Crippen molar-refractivity contribution in [1.29, 1.82) is 0 Å². The summed E-state index contributed by atoms with van der Waals surface area (Å²) in [6.07, 6.45) is 3.67. The molecule has 2 amide bonds. The van der Waals surface area contributed by atoms with E-state index in [1.807, 2.05) is 0 Å². The lowest BCUT2D eigenvalue weighted by atomic mass is 10.0. The number of carbonyl (C=O) groups excluding carboxylic acids is 2. The second-order valence-corrected chi connectivity index (χ2v) is 8.67. The summed E-state index contributed by atoms with van der Waals surface area (Å²) in [6, 6.07) is 12.9. The van der Waals surface area contributed by atoms with Crippen molar-refractivity contribution in [3.05, 3.63) is 78.4 Å². The van der Waals surface area contributed by atoms with Crippen molar-refractivity contribution in [2.75, 3.05) is 17.7 Å². The first-order valence-corrected chi connectivity index (χ1v) is 11.5. The van der Waals surface area contributed by atoms with E-state index in [0.717, 1.165) is 0 Å². The van der Waals surface area contributed by atoms with Gasteiger partial charge in [0, 0.05) is 29.4 Å². The zero-order chi connectivity index (χ0) is 26.9. The SMILES string of the molecule is COc1cc2nccc(Oc3ccc(NC(=O)C4(C(=O)Nc5ccc(F)cc5)CC4)cn3)c2cc1C(=O)O. The minimum Gasteiger partial charge on any atom is -0.496 e. The molecule has 0 aliphatic heterocycles. The van der Waals surface area contributed by atoms with Crippen molar-refractivity contribution in [3.63, 3.8) is 0 Å². The predicted octanol–water partition coefficient (Wildman–Crippen LogP) is 4.63. The number of aromatic carboxylic acids is 1. The van der Waals surface area contributed by atoms with Gasteiger partial charge in [-0.25, -0.2) is 14.2 Å². The van der Waals surface area contributed by atoms with E-state index in [9.17, 15) is 23.9 Å². The highest BCUT2D eigenvalue weighted by atomic mass is 19.1. The van der Waals surface area contributed by atoms with E-state index in [1.54, 1.807) is 12.1 Å². The number of carboxylic acid groups (broad SMARTS) is 1. The summed E-state index contributed by atoms with van der Waals surface area (Å²) in [7, 11) is 1.38. The van der Waals surface area contributed by atoms with Crippen LogP contribution in [0.4, 0.5) is 15.8 Å². The van der Waals surface area contributed by atoms with Gasteiger partial charge in [-0.15, -0.1) is 0 Å². The van der Waals surface area contributed by atoms with Crippen molar-refractivity contribution in [2.24, 2.45) is 5.41 Å². The maximum atomic E-state index is 13.1. The third-order valence-electron chi connectivity index (χ3n) is 6.18. The molecule has 1 aliphatic rings. The van der Waals surface area contributed by atoms with Crippen LogP contribution in [0.25, 0.3) is 10.9 Å². The number of amides is 2. The Kier molecular flexibility index (Phi) is 6.33. The quantitative estimate of drug-likeness (QED) is 0.288. The summed E-state index contributed by atoms with van der Waals surface area (Å²) >= 11 is 0. The highest BCUT2D eigenvalue weighted by Crippen LogP contribution is 2.47. The number of pyridine rings is 2. The molecule has 0 atom stereocenters. The minimum absolute atomic E-state index is 0.0404. The monoisotopic (exact) mass is 516 g/mol. The van der Waals surface area contributed by atoms with Gasteiger partial charge in [-0.1, -0.05) is 0 Å². The van der Waals surface area contributed by atoms with Crippen molar-refractivity contribution in [2.45, 2.75) is 12.8 Å². The largest absolute Gasteiger partial charge is 0.496 e. The molecule has 192 valence electrons. The molecular formula is C27H21FN4O6. The first-order chi connectivity index (χ1) is 18.3. The van der Waals surface area contributed by atoms with Crippen LogP contribution in [0.1, 0.15) is 23.2 Å². The summed E-state index contributed by atoms with van der Waals surface area (Å²) in [6.45, 7) is 0. The number of aromatic nitrogens is 2. The lowest BCUT2D eigenvalue weighted by Crippen LogP contribution is -2.35. The number of ether oxygens (including phenoxy) is 2. The van der Waals surface area contributed by atoms with Gasteiger partial charge < -0.3 is 25.2 Å². The van der Waals surface area contributed by atoms with Gasteiger partial charge in [-0.05, 0) is 55.3 Å². The number of methoxy groups -OCH3 is 1. The Hall–Kier alpha value is -5.06. The van der Waals surface area contributed by atoms with Gasteiger partial charge in [0.2, 0.25) is 17.7 Å². The Morgan fingerprint density at radius 3 is 2.21 bits per heavy atom. The van der Waals surface area contributed by atoms with Crippen LogP contribution in [0.15, 0.2) is 67.0 Å². The summed E-state index contributed by atoms with van der Waals surface area (Å²) in [4.78, 5) is 45.7. The van der Waals surface area contributed by atoms with E-state index < -0.39 is 29.0 Å². The standard InChI is InChI=1S/C27H21FN4O6/c1-37-22-13-20-18(12-19(22)24(33)34)21(8-11-29-20)38-23-7-6-17(14-30-23)32-26(36)27(9-10-27)25(35)31-16-4-2-15(28)3-5-16/h2-8,11-14H,9-10H2,1H3,(H,31,35)(H,32,36)(H,33,34). The minimum atomic E-state index is -1.21. The van der Waals surface area contributed by atoms with Gasteiger partial charge in [0.05, 0.1) is 24.5 Å². The highest BCUT2D eigenvalue weighted by molar-refractivity contribution is 6.16. The number of fused-ring (bicyclic) bond motifs is 1. The van der Waals surface area contributed by atoms with Gasteiger partial charge >= 0.3 is 5.97 Å². The Morgan fingerprint density at radius 1 is 0.921 bits per heavy atom. The van der Waals surface area contributed by atoms with E-state index in [0.29, 0.717) is 40.9 Å². The average molecular weight is 516 g/mol. The molecule has 5 rings (SSSR count). The van der Waals surface area contributed by atoms with Gasteiger partial charge in [0.15, 0.2) is 0 Å². The number of hydrogen-bond donors (Lipinski definition) is 3. The van der Waals surface area contributed by atoms with Crippen LogP contribution in [0.2, 0.25) is 0 Å². The maximum Gasteiger partial charge on any atom is 0.339 e. The van der Waals surface area contributed by atoms with Crippen LogP contribution in [0.5, 0.6) is 17.4 Å². The molecule has 2 aromatic heterocycles. The maximum absolute atomic E-state index is 13.1. The van der Waals surface area contributed by atoms with Gasteiger partial charge in [0.25, 0.3) is 0 Å². The van der Waals surface area contributed by atoms with E-state index in [1.165, 1.54) is 62.0 Å². The molecule has 0 bridgehead atoms. The van der Waals surface area contributed by atoms with Crippen molar-refractivity contribution >= 4 is 40.1 Å². The molecule has 0 spiro atoms. The zero-order valence-electron chi connectivity index (χ0n) is 20.0. The number of carboxylic acids is 1. The molecule has 1 fully saturated rings. The summed E-state index contributed by atoms with van der Waals surface area (Å²) < 4.78 is 24.1. The molecule has 1 saturated carbocycles. The average Bonchev–Trinajstić information content (AvgIpc) is 3.73. The Labute approximate surface area is 215 Å². The van der Waals surface area contributed by atoms with Crippen molar-refractivity contribution in [1.82, 2.24) is 9.97 Å². The van der Waals surface area contributed by atoms with Crippen molar-refractivity contribution < 1.29 is 33.4 Å². The Bertz CT molecular complexity index is 1550. The lowest BCUT2D eigenvalue weighted by molar-refractivity contribution is -0.131. The van der Waals surface area contributed by atoms with Crippen LogP contribution in [0, 0.1) is 11.2 Å². The first-order valence-electron chi connectivity index (χ1n) is 11.5. The van der Waals surface area contributed by atoms with E-state index >= 15 is 0 Å². The molecule has 10 nitrogen and oxygen atoms in total. The number of nitrogens with zero attached hydrogens (tertiary/aromatic N) is 2. The fourth-order valence-corrected chi connectivity index (χ4v) is 3.92. The second-order valence-electron chi connectivity index (χ2n) is 8.67. The number of nitrogens with one attached hydrogen (secondary N) is 2. The van der Waals surface area contributed by atoms with Crippen LogP contribution in [0.3, 0.4) is 0 Å². The molecule has 1 aliphatic carbocycles. The van der Waals surface area contributed by atoms with E-state index in [4.69, 9.17) is 9.47 Å². The molecule has 2 heterocycles. The van der Waals surface area contributed by atoms with Gasteiger partial charge in [0.1, 0.15) is 28.3 Å². The molecule has 2 aromatic carbocycles.